The van der Waals surface area contributed by atoms with Crippen LogP contribution >= 0.6 is 0 Å². The van der Waals surface area contributed by atoms with Crippen molar-refractivity contribution in [3.05, 3.63) is 35.4 Å². The lowest BCUT2D eigenvalue weighted by Gasteiger charge is -2.15. The summed E-state index contributed by atoms with van der Waals surface area (Å²) in [5, 5.41) is 1.27. The fourth-order valence-corrected chi connectivity index (χ4v) is 3.08. The van der Waals surface area contributed by atoms with Gasteiger partial charge in [-0.25, -0.2) is 4.98 Å². The van der Waals surface area contributed by atoms with E-state index < -0.39 is 0 Å². The number of nitrogens with zero attached hydrogens (tertiary/aromatic N) is 1. The van der Waals surface area contributed by atoms with Crippen molar-refractivity contribution in [3.8, 4) is 0 Å². The molecule has 3 nitrogen and oxygen atoms in total. The molecule has 3 heteroatoms. The van der Waals surface area contributed by atoms with E-state index in [1.807, 2.05) is 6.07 Å². The number of fused-ring (bicyclic) bond motifs is 1. The topological polar surface area (TPSA) is 64.9 Å². The Labute approximate surface area is 134 Å². The van der Waals surface area contributed by atoms with Gasteiger partial charge in [0.1, 0.15) is 5.82 Å². The molecule has 4 N–H and O–H groups in total. The summed E-state index contributed by atoms with van der Waals surface area (Å²) in [4.78, 5) is 4.62. The maximum absolute atomic E-state index is 6.27. The molecular formula is C19H29N3. The van der Waals surface area contributed by atoms with Gasteiger partial charge in [0, 0.05) is 5.39 Å². The predicted molar refractivity (Wildman–Crippen MR) is 96.0 cm³/mol. The Balaban J connectivity index is 2.30. The first-order chi connectivity index (χ1) is 10.8. The van der Waals surface area contributed by atoms with Gasteiger partial charge in [0.25, 0.3) is 0 Å². The molecule has 0 atom stereocenters. The van der Waals surface area contributed by atoms with Crippen LogP contribution in [0.5, 0.6) is 0 Å². The Morgan fingerprint density at radius 1 is 0.909 bits per heavy atom. The zero-order valence-corrected chi connectivity index (χ0v) is 13.8. The molecule has 0 fully saturated rings. The van der Waals surface area contributed by atoms with Crippen LogP contribution in [0.25, 0.3) is 10.9 Å². The summed E-state index contributed by atoms with van der Waals surface area (Å²) in [6, 6.07) is 8.37. The van der Waals surface area contributed by atoms with E-state index >= 15 is 0 Å². The SMILES string of the molecule is CCCCCc1c(N)nc2ccccc2c1CCCCCN. The number of rotatable bonds is 9. The molecule has 0 saturated heterocycles. The lowest BCUT2D eigenvalue weighted by Crippen LogP contribution is -2.05. The van der Waals surface area contributed by atoms with Crippen LogP contribution in [0.3, 0.4) is 0 Å². The highest BCUT2D eigenvalue weighted by Crippen LogP contribution is 2.28. The van der Waals surface area contributed by atoms with Gasteiger partial charge in [-0.1, -0.05) is 44.4 Å². The molecule has 0 saturated carbocycles. The van der Waals surface area contributed by atoms with Crippen molar-refractivity contribution in [2.24, 2.45) is 5.73 Å². The van der Waals surface area contributed by atoms with Crippen LogP contribution in [0.1, 0.15) is 56.6 Å². The maximum Gasteiger partial charge on any atom is 0.127 e. The molecule has 0 unspecified atom stereocenters. The number of unbranched alkanes of at least 4 members (excludes halogenated alkanes) is 4. The molecule has 0 aliphatic heterocycles. The van der Waals surface area contributed by atoms with Gasteiger partial charge in [0.15, 0.2) is 0 Å². The van der Waals surface area contributed by atoms with Crippen LogP contribution in [0, 0.1) is 0 Å². The van der Waals surface area contributed by atoms with Crippen LogP contribution < -0.4 is 11.5 Å². The molecule has 0 spiro atoms. The van der Waals surface area contributed by atoms with Crippen LogP contribution in [-0.2, 0) is 12.8 Å². The minimum Gasteiger partial charge on any atom is -0.383 e. The van der Waals surface area contributed by atoms with Crippen LogP contribution in [0.4, 0.5) is 5.82 Å². The number of hydrogen-bond acceptors (Lipinski definition) is 3. The zero-order chi connectivity index (χ0) is 15.8. The fraction of sp³-hybridized carbons (Fsp3) is 0.526. The molecule has 120 valence electrons. The highest BCUT2D eigenvalue weighted by Gasteiger charge is 2.12. The summed E-state index contributed by atoms with van der Waals surface area (Å²) in [5.74, 6) is 0.726. The molecule has 1 aromatic carbocycles. The van der Waals surface area contributed by atoms with E-state index in [1.54, 1.807) is 0 Å². The molecule has 2 rings (SSSR count). The quantitative estimate of drug-likeness (QED) is 0.681. The molecule has 1 aromatic heterocycles. The third kappa shape index (κ3) is 4.20. The number of pyridine rings is 1. The Bertz CT molecular complexity index is 592. The second-order valence-corrected chi connectivity index (χ2v) is 6.03. The lowest BCUT2D eigenvalue weighted by molar-refractivity contribution is 0.678. The van der Waals surface area contributed by atoms with Gasteiger partial charge in [-0.15, -0.1) is 0 Å². The van der Waals surface area contributed by atoms with E-state index in [-0.39, 0.29) is 0 Å². The minimum absolute atomic E-state index is 0.726. The second kappa shape index (κ2) is 8.74. The van der Waals surface area contributed by atoms with Gasteiger partial charge >= 0.3 is 0 Å². The summed E-state index contributed by atoms with van der Waals surface area (Å²) in [5.41, 5.74) is 15.6. The monoisotopic (exact) mass is 299 g/mol. The van der Waals surface area contributed by atoms with Gasteiger partial charge in [0.05, 0.1) is 5.52 Å². The van der Waals surface area contributed by atoms with E-state index in [4.69, 9.17) is 11.5 Å². The molecule has 1 heterocycles. The van der Waals surface area contributed by atoms with Gasteiger partial charge in [-0.05, 0) is 55.8 Å². The standard InChI is InChI=1S/C19H29N3/c1-2-3-5-12-17-15(10-6-4-9-14-20)16-11-7-8-13-18(16)22-19(17)21/h7-8,11,13H,2-6,9-10,12,14,20H2,1H3,(H2,21,22). The van der Waals surface area contributed by atoms with Crippen LogP contribution in [-0.4, -0.2) is 11.5 Å². The molecular weight excluding hydrogens is 270 g/mol. The van der Waals surface area contributed by atoms with Crippen molar-refractivity contribution >= 4 is 16.7 Å². The van der Waals surface area contributed by atoms with E-state index in [0.717, 1.165) is 37.1 Å². The molecule has 22 heavy (non-hydrogen) atoms. The van der Waals surface area contributed by atoms with Gasteiger partial charge in [-0.2, -0.15) is 0 Å². The zero-order valence-electron chi connectivity index (χ0n) is 13.8. The average Bonchev–Trinajstić information content (AvgIpc) is 2.53. The summed E-state index contributed by atoms with van der Waals surface area (Å²) < 4.78 is 0. The average molecular weight is 299 g/mol. The van der Waals surface area contributed by atoms with E-state index in [1.165, 1.54) is 48.6 Å². The van der Waals surface area contributed by atoms with Crippen LogP contribution in [0.15, 0.2) is 24.3 Å². The van der Waals surface area contributed by atoms with Crippen molar-refractivity contribution in [3.63, 3.8) is 0 Å². The van der Waals surface area contributed by atoms with E-state index in [0.29, 0.717) is 0 Å². The number of aryl methyl sites for hydroxylation is 1. The normalized spacial score (nSPS) is 11.2. The van der Waals surface area contributed by atoms with Crippen molar-refractivity contribution in [1.29, 1.82) is 0 Å². The third-order valence-electron chi connectivity index (χ3n) is 4.30. The van der Waals surface area contributed by atoms with Gasteiger partial charge in [-0.3, -0.25) is 0 Å². The van der Waals surface area contributed by atoms with Gasteiger partial charge < -0.3 is 11.5 Å². The second-order valence-electron chi connectivity index (χ2n) is 6.03. The van der Waals surface area contributed by atoms with Crippen molar-refractivity contribution in [2.75, 3.05) is 12.3 Å². The lowest BCUT2D eigenvalue weighted by atomic mass is 9.94. The summed E-state index contributed by atoms with van der Waals surface area (Å²) in [7, 11) is 0. The Hall–Kier alpha value is -1.61. The smallest absolute Gasteiger partial charge is 0.127 e. The number of aromatic nitrogens is 1. The first-order valence-electron chi connectivity index (χ1n) is 8.64. The first-order valence-corrected chi connectivity index (χ1v) is 8.64. The number of nitrogen functional groups attached to an aromatic ring is 1. The summed E-state index contributed by atoms with van der Waals surface area (Å²) in [6.07, 6.45) is 9.25. The van der Waals surface area contributed by atoms with Crippen LogP contribution in [0.2, 0.25) is 0 Å². The molecule has 0 aliphatic carbocycles. The molecule has 2 aromatic rings. The van der Waals surface area contributed by atoms with Gasteiger partial charge in [0.2, 0.25) is 0 Å². The highest BCUT2D eigenvalue weighted by atomic mass is 14.8. The molecule has 0 bridgehead atoms. The summed E-state index contributed by atoms with van der Waals surface area (Å²) >= 11 is 0. The predicted octanol–water partition coefficient (Wildman–Crippen LogP) is 4.22. The fourth-order valence-electron chi connectivity index (χ4n) is 3.08. The van der Waals surface area contributed by atoms with E-state index in [9.17, 15) is 0 Å². The maximum atomic E-state index is 6.27. The number of para-hydroxylation sites is 1. The molecule has 0 aliphatic rings. The third-order valence-corrected chi connectivity index (χ3v) is 4.30. The first kappa shape index (κ1) is 16.8. The Kier molecular flexibility index (Phi) is 6.66. The molecule has 0 amide bonds. The largest absolute Gasteiger partial charge is 0.383 e. The highest BCUT2D eigenvalue weighted by molar-refractivity contribution is 5.85. The minimum atomic E-state index is 0.726. The number of benzene rings is 1. The number of hydrogen-bond donors (Lipinski definition) is 2. The Morgan fingerprint density at radius 2 is 1.64 bits per heavy atom. The molecule has 0 radical (unpaired) electrons. The van der Waals surface area contributed by atoms with Crippen molar-refractivity contribution in [1.82, 2.24) is 4.98 Å². The summed E-state index contributed by atoms with van der Waals surface area (Å²) in [6.45, 7) is 3.01. The number of nitrogens with two attached hydrogens (primary N) is 2. The van der Waals surface area contributed by atoms with Crippen molar-refractivity contribution in [2.45, 2.75) is 58.3 Å². The number of anilines is 1. The van der Waals surface area contributed by atoms with Crippen molar-refractivity contribution < 1.29 is 0 Å². The van der Waals surface area contributed by atoms with E-state index in [2.05, 4.69) is 30.1 Å². The Morgan fingerprint density at radius 3 is 2.41 bits per heavy atom.